The van der Waals surface area contributed by atoms with Gasteiger partial charge in [-0.25, -0.2) is 4.39 Å². The molecule has 2 amide bonds. The molecule has 4 rings (SSSR count). The summed E-state index contributed by atoms with van der Waals surface area (Å²) < 4.78 is 14.2. The standard InChI is InChI=1S/C27H30FN5O2/c1-2-15-33(27(35)22-11-6-7-12-23(22)28)20-26(34)32-17-8-16-31(18-19-32)25-14-13-24(29-30-25)21-9-4-3-5-10-21/h3-7,9-14H,2,8,15-20H2,1H3. The number of hydrogen-bond donors (Lipinski definition) is 0. The Balaban J connectivity index is 1.38. The van der Waals surface area contributed by atoms with Gasteiger partial charge in [-0.2, -0.15) is 0 Å². The van der Waals surface area contributed by atoms with Crippen LogP contribution >= 0.6 is 0 Å². The third kappa shape index (κ3) is 6.01. The Kier molecular flexibility index (Phi) is 8.03. The zero-order chi connectivity index (χ0) is 24.6. The van der Waals surface area contributed by atoms with Gasteiger partial charge in [-0.15, -0.1) is 10.2 Å². The quantitative estimate of drug-likeness (QED) is 0.519. The maximum atomic E-state index is 14.2. The lowest BCUT2D eigenvalue weighted by molar-refractivity contribution is -0.131. The molecule has 2 heterocycles. The van der Waals surface area contributed by atoms with Crippen LogP contribution in [0.3, 0.4) is 0 Å². The van der Waals surface area contributed by atoms with E-state index < -0.39 is 11.7 Å². The van der Waals surface area contributed by atoms with Crippen LogP contribution in [-0.2, 0) is 4.79 Å². The molecule has 3 aromatic rings. The number of carbonyl (C=O) groups excluding carboxylic acids is 2. The molecule has 0 spiro atoms. The van der Waals surface area contributed by atoms with Gasteiger partial charge in [-0.1, -0.05) is 49.4 Å². The Morgan fingerprint density at radius 3 is 2.40 bits per heavy atom. The average Bonchev–Trinajstić information content (AvgIpc) is 3.15. The number of aromatic nitrogens is 2. The van der Waals surface area contributed by atoms with Crippen molar-refractivity contribution in [3.63, 3.8) is 0 Å². The van der Waals surface area contributed by atoms with Gasteiger partial charge in [0.15, 0.2) is 5.82 Å². The second-order valence-electron chi connectivity index (χ2n) is 8.57. The number of carbonyl (C=O) groups is 2. The summed E-state index contributed by atoms with van der Waals surface area (Å²) >= 11 is 0. The van der Waals surface area contributed by atoms with E-state index in [1.165, 1.54) is 17.0 Å². The zero-order valence-corrected chi connectivity index (χ0v) is 19.9. The summed E-state index contributed by atoms with van der Waals surface area (Å²) in [6.45, 7) is 4.76. The third-order valence-electron chi connectivity index (χ3n) is 6.10. The van der Waals surface area contributed by atoms with Gasteiger partial charge in [-0.3, -0.25) is 9.59 Å². The van der Waals surface area contributed by atoms with Gasteiger partial charge in [0.25, 0.3) is 5.91 Å². The molecule has 0 aliphatic carbocycles. The first-order valence-corrected chi connectivity index (χ1v) is 12.0. The van der Waals surface area contributed by atoms with E-state index in [0.717, 1.165) is 30.0 Å². The Hall–Kier alpha value is -3.81. The van der Waals surface area contributed by atoms with Crippen LogP contribution in [0.25, 0.3) is 11.3 Å². The van der Waals surface area contributed by atoms with Crippen LogP contribution in [-0.4, -0.2) is 71.1 Å². The van der Waals surface area contributed by atoms with Crippen LogP contribution in [0.15, 0.2) is 66.7 Å². The lowest BCUT2D eigenvalue weighted by atomic mass is 10.1. The number of nitrogens with zero attached hydrogens (tertiary/aromatic N) is 5. The van der Waals surface area contributed by atoms with Gasteiger partial charge in [0.1, 0.15) is 12.4 Å². The van der Waals surface area contributed by atoms with E-state index in [4.69, 9.17) is 0 Å². The number of hydrogen-bond acceptors (Lipinski definition) is 5. The number of benzene rings is 2. The fourth-order valence-corrected chi connectivity index (χ4v) is 4.24. The van der Waals surface area contributed by atoms with Gasteiger partial charge in [0, 0.05) is 38.3 Å². The second kappa shape index (κ2) is 11.6. The van der Waals surface area contributed by atoms with Gasteiger partial charge < -0.3 is 14.7 Å². The van der Waals surface area contributed by atoms with Crippen molar-refractivity contribution in [3.8, 4) is 11.3 Å². The molecule has 1 fully saturated rings. The molecule has 0 atom stereocenters. The van der Waals surface area contributed by atoms with Gasteiger partial charge >= 0.3 is 0 Å². The molecule has 0 N–H and O–H groups in total. The normalized spacial score (nSPS) is 13.9. The van der Waals surface area contributed by atoms with Crippen LogP contribution in [0.2, 0.25) is 0 Å². The van der Waals surface area contributed by atoms with Gasteiger partial charge in [-0.05, 0) is 37.1 Å². The van der Waals surface area contributed by atoms with E-state index in [0.29, 0.717) is 32.6 Å². The van der Waals surface area contributed by atoms with Gasteiger partial charge in [0.2, 0.25) is 5.91 Å². The largest absolute Gasteiger partial charge is 0.353 e. The summed E-state index contributed by atoms with van der Waals surface area (Å²) in [6.07, 6.45) is 1.46. The predicted octanol–water partition coefficient (Wildman–Crippen LogP) is 3.87. The molecular weight excluding hydrogens is 445 g/mol. The monoisotopic (exact) mass is 475 g/mol. The van der Waals surface area contributed by atoms with Crippen LogP contribution < -0.4 is 4.90 Å². The first kappa shape index (κ1) is 24.3. The first-order chi connectivity index (χ1) is 17.1. The third-order valence-corrected chi connectivity index (χ3v) is 6.10. The van der Waals surface area contributed by atoms with Crippen molar-refractivity contribution in [2.24, 2.45) is 0 Å². The molecule has 1 aliphatic rings. The van der Waals surface area contributed by atoms with Crippen LogP contribution in [0.4, 0.5) is 10.2 Å². The molecule has 0 bridgehead atoms. The maximum absolute atomic E-state index is 14.2. The van der Waals surface area contributed by atoms with Crippen molar-refractivity contribution in [3.05, 3.63) is 78.1 Å². The molecule has 182 valence electrons. The average molecular weight is 476 g/mol. The zero-order valence-electron chi connectivity index (χ0n) is 19.9. The molecule has 1 aliphatic heterocycles. The molecule has 0 unspecified atom stereocenters. The minimum Gasteiger partial charge on any atom is -0.353 e. The van der Waals surface area contributed by atoms with Crippen molar-refractivity contribution in [1.82, 2.24) is 20.0 Å². The fraction of sp³-hybridized carbons (Fsp3) is 0.333. The highest BCUT2D eigenvalue weighted by atomic mass is 19.1. The molecule has 35 heavy (non-hydrogen) atoms. The van der Waals surface area contributed by atoms with E-state index in [1.807, 2.05) is 49.4 Å². The van der Waals surface area contributed by atoms with Crippen molar-refractivity contribution < 1.29 is 14.0 Å². The Morgan fingerprint density at radius 2 is 1.69 bits per heavy atom. The Labute approximate surface area is 205 Å². The highest BCUT2D eigenvalue weighted by Gasteiger charge is 2.25. The summed E-state index contributed by atoms with van der Waals surface area (Å²) in [7, 11) is 0. The Morgan fingerprint density at radius 1 is 0.914 bits per heavy atom. The summed E-state index contributed by atoms with van der Waals surface area (Å²) in [6, 6.07) is 19.7. The molecule has 8 heteroatoms. The summed E-state index contributed by atoms with van der Waals surface area (Å²) in [5.41, 5.74) is 1.82. The first-order valence-electron chi connectivity index (χ1n) is 12.0. The lowest BCUT2D eigenvalue weighted by Crippen LogP contribution is -2.44. The predicted molar refractivity (Wildman–Crippen MR) is 133 cm³/mol. The minimum absolute atomic E-state index is 0.00619. The molecule has 1 aromatic heterocycles. The van der Waals surface area contributed by atoms with E-state index in [9.17, 15) is 14.0 Å². The van der Waals surface area contributed by atoms with Gasteiger partial charge in [0.05, 0.1) is 11.3 Å². The second-order valence-corrected chi connectivity index (χ2v) is 8.57. The minimum atomic E-state index is -0.573. The van der Waals surface area contributed by atoms with Crippen LogP contribution in [0, 0.1) is 5.82 Å². The topological polar surface area (TPSA) is 69.6 Å². The maximum Gasteiger partial charge on any atom is 0.257 e. The van der Waals surface area contributed by atoms with Crippen LogP contribution in [0.1, 0.15) is 30.1 Å². The highest BCUT2D eigenvalue weighted by molar-refractivity contribution is 5.96. The molecule has 2 aromatic carbocycles. The fourth-order valence-electron chi connectivity index (χ4n) is 4.24. The Bertz CT molecular complexity index is 1140. The number of anilines is 1. The van der Waals surface area contributed by atoms with E-state index >= 15 is 0 Å². The van der Waals surface area contributed by atoms with Crippen LogP contribution in [0.5, 0.6) is 0 Å². The van der Waals surface area contributed by atoms with E-state index in [-0.39, 0.29) is 18.0 Å². The number of amides is 2. The number of halogens is 1. The van der Waals surface area contributed by atoms with E-state index in [1.54, 1.807) is 17.0 Å². The summed E-state index contributed by atoms with van der Waals surface area (Å²) in [4.78, 5) is 31.3. The van der Waals surface area contributed by atoms with Crippen molar-refractivity contribution in [2.75, 3.05) is 44.2 Å². The smallest absolute Gasteiger partial charge is 0.257 e. The molecular formula is C27H30FN5O2. The summed E-state index contributed by atoms with van der Waals surface area (Å²) in [5.74, 6) is -0.379. The summed E-state index contributed by atoms with van der Waals surface area (Å²) in [5, 5.41) is 8.79. The molecule has 7 nitrogen and oxygen atoms in total. The van der Waals surface area contributed by atoms with E-state index in [2.05, 4.69) is 15.1 Å². The van der Waals surface area contributed by atoms with Crippen molar-refractivity contribution >= 4 is 17.6 Å². The van der Waals surface area contributed by atoms with Crippen molar-refractivity contribution in [2.45, 2.75) is 19.8 Å². The van der Waals surface area contributed by atoms with Crippen molar-refractivity contribution in [1.29, 1.82) is 0 Å². The molecule has 1 saturated heterocycles. The lowest BCUT2D eigenvalue weighted by Gasteiger charge is -2.27. The highest BCUT2D eigenvalue weighted by Crippen LogP contribution is 2.19. The SMILES string of the molecule is CCCN(CC(=O)N1CCCN(c2ccc(-c3ccccc3)nn2)CC1)C(=O)c1ccccc1F. The number of rotatable bonds is 7. The molecule has 0 saturated carbocycles. The molecule has 0 radical (unpaired) electrons.